The molecular formula is C28H36BrN7O5S. The summed E-state index contributed by atoms with van der Waals surface area (Å²) in [6.45, 7) is 10.8. The summed E-state index contributed by atoms with van der Waals surface area (Å²) in [5.41, 5.74) is -0.514. The zero-order valence-electron chi connectivity index (χ0n) is 24.4. The summed E-state index contributed by atoms with van der Waals surface area (Å²) in [6, 6.07) is 3.77. The van der Waals surface area contributed by atoms with E-state index in [1.165, 1.54) is 16.7 Å². The van der Waals surface area contributed by atoms with Gasteiger partial charge in [0.15, 0.2) is 27.8 Å². The Labute approximate surface area is 256 Å². The van der Waals surface area contributed by atoms with Crippen molar-refractivity contribution in [2.75, 3.05) is 19.9 Å². The minimum Gasteiger partial charge on any atom is -0.465 e. The first kappa shape index (κ1) is 30.2. The lowest BCUT2D eigenvalue weighted by molar-refractivity contribution is -0.146. The monoisotopic (exact) mass is 661 g/mol. The van der Waals surface area contributed by atoms with Crippen LogP contribution in [0.1, 0.15) is 53.9 Å². The molecule has 3 N–H and O–H groups in total. The van der Waals surface area contributed by atoms with Crippen molar-refractivity contribution in [3.05, 3.63) is 28.4 Å². The summed E-state index contributed by atoms with van der Waals surface area (Å²) >= 11 is 5.02. The van der Waals surface area contributed by atoms with Crippen LogP contribution in [0.4, 0.5) is 4.79 Å². The number of halogens is 1. The van der Waals surface area contributed by atoms with Gasteiger partial charge < -0.3 is 29.0 Å². The summed E-state index contributed by atoms with van der Waals surface area (Å²) in [5.74, 6) is 1.60. The smallest absolute Gasteiger partial charge is 0.408 e. The molecule has 5 rings (SSSR count). The van der Waals surface area contributed by atoms with E-state index in [4.69, 9.17) is 19.9 Å². The molecule has 0 saturated carbocycles. The van der Waals surface area contributed by atoms with Gasteiger partial charge in [-0.1, -0.05) is 11.8 Å². The molecule has 0 atom stereocenters. The zero-order valence-corrected chi connectivity index (χ0v) is 26.8. The average Bonchev–Trinajstić information content (AvgIpc) is 3.54. The maximum Gasteiger partial charge on any atom is 0.408 e. The number of aromatic nitrogens is 4. The van der Waals surface area contributed by atoms with Crippen molar-refractivity contribution in [2.45, 2.75) is 81.6 Å². The molecule has 0 bridgehead atoms. The van der Waals surface area contributed by atoms with Crippen molar-refractivity contribution >= 4 is 50.9 Å². The number of piperidine rings is 1. The number of amides is 2. The molecule has 12 nitrogen and oxygen atoms in total. The Morgan fingerprint density at radius 1 is 1.19 bits per heavy atom. The second kappa shape index (κ2) is 11.4. The van der Waals surface area contributed by atoms with Gasteiger partial charge in [0.05, 0.1) is 6.33 Å². The van der Waals surface area contributed by atoms with Crippen LogP contribution < -0.4 is 15.0 Å². The van der Waals surface area contributed by atoms with Gasteiger partial charge in [0.25, 0.3) is 0 Å². The highest BCUT2D eigenvalue weighted by Gasteiger charge is 2.46. The maximum atomic E-state index is 13.4. The number of fused-ring (bicyclic) bond motifs is 2. The summed E-state index contributed by atoms with van der Waals surface area (Å²) in [5, 5.41) is 18.8. The largest absolute Gasteiger partial charge is 0.465 e. The van der Waals surface area contributed by atoms with Gasteiger partial charge in [-0.15, -0.1) is 0 Å². The Balaban J connectivity index is 1.23. The fraction of sp³-hybridized carbons (Fsp3) is 0.536. The van der Waals surface area contributed by atoms with Crippen LogP contribution in [0.25, 0.3) is 11.2 Å². The molecule has 2 aliphatic heterocycles. The first-order chi connectivity index (χ1) is 19.8. The number of benzene rings is 1. The van der Waals surface area contributed by atoms with Crippen LogP contribution in [0.3, 0.4) is 0 Å². The Hall–Kier alpha value is -3.26. The van der Waals surface area contributed by atoms with Crippen LogP contribution >= 0.6 is 27.7 Å². The van der Waals surface area contributed by atoms with Gasteiger partial charge in [-0.25, -0.2) is 14.8 Å². The second-order valence-electron chi connectivity index (χ2n) is 12.1. The second-order valence-corrected chi connectivity index (χ2v) is 14.0. The van der Waals surface area contributed by atoms with Crippen molar-refractivity contribution in [3.8, 4) is 11.5 Å². The molecule has 2 aliphatic rings. The van der Waals surface area contributed by atoms with E-state index in [1.54, 1.807) is 45.8 Å². The first-order valence-electron chi connectivity index (χ1n) is 13.8. The number of nitrogens with one attached hydrogen (secondary N) is 2. The van der Waals surface area contributed by atoms with E-state index in [2.05, 4.69) is 25.9 Å². The SMILES string of the molecule is CC(C)(C)N(C(=O)O)C(C)(C)C(=O)N1CCC(CCn2cnc(=N)c3[nH]c(Sc4cc5c(cc4Br)OCO5)nc32)CC1. The predicted molar refractivity (Wildman–Crippen MR) is 160 cm³/mol. The Kier molecular flexibility index (Phi) is 8.23. The van der Waals surface area contributed by atoms with Gasteiger partial charge >= 0.3 is 6.09 Å². The topological polar surface area (TPSA) is 150 Å². The standard InChI is InChI=1S/C28H36BrN7O5S/c1-27(2,3)36(26(38)39)28(4,5)24(37)34-9-6-16(7-10-34)8-11-35-14-31-22(30)21-23(35)33-25(32-21)42-20-13-19-18(12-17(20)29)40-15-41-19/h12-14,16,30H,6-11,15H2,1-5H3,(H,32,33)(H,38,39). The normalized spacial score (nSPS) is 15.8. The molecule has 226 valence electrons. The van der Waals surface area contributed by atoms with Gasteiger partial charge in [0.1, 0.15) is 11.1 Å². The summed E-state index contributed by atoms with van der Waals surface area (Å²) in [6.07, 6.45) is 3.09. The Morgan fingerprint density at radius 3 is 2.50 bits per heavy atom. The number of likely N-dealkylation sites (tertiary alicyclic amines) is 1. The molecular weight excluding hydrogens is 626 g/mol. The third-order valence-electron chi connectivity index (χ3n) is 7.76. The Bertz CT molecular complexity index is 1570. The van der Waals surface area contributed by atoms with Crippen LogP contribution in [0, 0.1) is 11.3 Å². The molecule has 0 radical (unpaired) electrons. The molecule has 3 aromatic rings. The number of aromatic amines is 1. The number of hydrogen-bond donors (Lipinski definition) is 3. The lowest BCUT2D eigenvalue weighted by atomic mass is 9.90. The van der Waals surface area contributed by atoms with E-state index in [0.29, 0.717) is 53.4 Å². The third-order valence-corrected chi connectivity index (χ3v) is 9.62. The summed E-state index contributed by atoms with van der Waals surface area (Å²) < 4.78 is 13.8. The number of H-pyrrole nitrogens is 1. The molecule has 2 aromatic heterocycles. The molecule has 1 saturated heterocycles. The van der Waals surface area contributed by atoms with Crippen molar-refractivity contribution in [1.29, 1.82) is 5.41 Å². The highest BCUT2D eigenvalue weighted by molar-refractivity contribution is 9.10. The third kappa shape index (κ3) is 5.96. The number of hydrogen-bond acceptors (Lipinski definition) is 8. The van der Waals surface area contributed by atoms with Gasteiger partial charge in [-0.05, 0) is 87.9 Å². The number of imidazole rings is 1. The number of nitrogens with zero attached hydrogens (tertiary/aromatic N) is 5. The van der Waals surface area contributed by atoms with E-state index >= 15 is 0 Å². The first-order valence-corrected chi connectivity index (χ1v) is 15.5. The van der Waals surface area contributed by atoms with Gasteiger partial charge in [-0.3, -0.25) is 15.1 Å². The molecule has 0 unspecified atom stereocenters. The van der Waals surface area contributed by atoms with Gasteiger partial charge in [0, 0.05) is 34.5 Å². The van der Waals surface area contributed by atoms with E-state index in [9.17, 15) is 14.7 Å². The number of ether oxygens (including phenoxy) is 2. The number of carboxylic acid groups (broad SMARTS) is 1. The van der Waals surface area contributed by atoms with Crippen LogP contribution in [0.15, 0.2) is 33.0 Å². The summed E-state index contributed by atoms with van der Waals surface area (Å²) in [4.78, 5) is 41.7. The molecule has 0 spiro atoms. The zero-order chi connectivity index (χ0) is 30.4. The number of carbonyl (C=O) groups is 2. The van der Waals surface area contributed by atoms with Crippen LogP contribution in [0.2, 0.25) is 0 Å². The van der Waals surface area contributed by atoms with Gasteiger partial charge in [0.2, 0.25) is 12.7 Å². The minimum absolute atomic E-state index is 0.130. The van der Waals surface area contributed by atoms with Crippen LogP contribution in [-0.4, -0.2) is 77.4 Å². The maximum absolute atomic E-state index is 13.4. The fourth-order valence-corrected chi connectivity index (χ4v) is 7.23. The van der Waals surface area contributed by atoms with Gasteiger partial charge in [-0.2, -0.15) is 0 Å². The fourth-order valence-electron chi connectivity index (χ4n) is 5.85. The van der Waals surface area contributed by atoms with E-state index in [1.807, 2.05) is 16.7 Å². The predicted octanol–water partition coefficient (Wildman–Crippen LogP) is 5.07. The molecule has 42 heavy (non-hydrogen) atoms. The Morgan fingerprint density at radius 2 is 1.86 bits per heavy atom. The van der Waals surface area contributed by atoms with Crippen molar-refractivity contribution < 1.29 is 24.2 Å². The molecule has 1 fully saturated rings. The number of aryl methyl sites for hydroxylation is 1. The molecule has 1 aromatic carbocycles. The lowest BCUT2D eigenvalue weighted by Crippen LogP contribution is -2.64. The van der Waals surface area contributed by atoms with Crippen molar-refractivity contribution in [2.24, 2.45) is 5.92 Å². The minimum atomic E-state index is -1.17. The van der Waals surface area contributed by atoms with Crippen molar-refractivity contribution in [3.63, 3.8) is 0 Å². The number of rotatable bonds is 7. The molecule has 2 amide bonds. The quantitative estimate of drug-likeness (QED) is 0.318. The van der Waals surface area contributed by atoms with E-state index in [-0.39, 0.29) is 18.2 Å². The molecule has 4 heterocycles. The average molecular weight is 663 g/mol. The number of carbonyl (C=O) groups excluding carboxylic acids is 1. The van der Waals surface area contributed by atoms with E-state index < -0.39 is 17.2 Å². The van der Waals surface area contributed by atoms with E-state index in [0.717, 1.165) is 28.6 Å². The van der Waals surface area contributed by atoms with Crippen LogP contribution in [0.5, 0.6) is 11.5 Å². The molecule has 14 heteroatoms. The van der Waals surface area contributed by atoms with Crippen LogP contribution in [-0.2, 0) is 11.3 Å². The lowest BCUT2D eigenvalue weighted by Gasteiger charge is -2.46. The highest BCUT2D eigenvalue weighted by atomic mass is 79.9. The molecule has 0 aliphatic carbocycles. The summed E-state index contributed by atoms with van der Waals surface area (Å²) in [7, 11) is 0. The van der Waals surface area contributed by atoms with Crippen molar-refractivity contribution in [1.82, 2.24) is 29.3 Å². The highest BCUT2D eigenvalue weighted by Crippen LogP contribution is 2.42.